The van der Waals surface area contributed by atoms with Gasteiger partial charge in [0, 0.05) is 6.54 Å². The SMILES string of the molecule is O=C(CCl)NCc1ccc(-c2cccc(C(F)(F)F)c2)cc1. The average molecular weight is 328 g/mol. The minimum atomic E-state index is -4.36. The summed E-state index contributed by atoms with van der Waals surface area (Å²) in [6, 6.07) is 12.1. The van der Waals surface area contributed by atoms with Crippen LogP contribution in [0.1, 0.15) is 11.1 Å². The van der Waals surface area contributed by atoms with E-state index in [-0.39, 0.29) is 11.8 Å². The molecule has 2 aromatic carbocycles. The quantitative estimate of drug-likeness (QED) is 0.837. The Morgan fingerprint density at radius 1 is 1.05 bits per heavy atom. The van der Waals surface area contributed by atoms with Gasteiger partial charge in [-0.1, -0.05) is 36.4 Å². The van der Waals surface area contributed by atoms with Crippen molar-refractivity contribution in [2.45, 2.75) is 12.7 Å². The smallest absolute Gasteiger partial charge is 0.351 e. The predicted octanol–water partition coefficient (Wildman–Crippen LogP) is 4.23. The Morgan fingerprint density at radius 2 is 1.73 bits per heavy atom. The largest absolute Gasteiger partial charge is 0.416 e. The third kappa shape index (κ3) is 4.24. The number of alkyl halides is 4. The Hall–Kier alpha value is -2.01. The maximum Gasteiger partial charge on any atom is 0.416 e. The van der Waals surface area contributed by atoms with Crippen LogP contribution in [0.2, 0.25) is 0 Å². The molecule has 22 heavy (non-hydrogen) atoms. The molecule has 0 bridgehead atoms. The lowest BCUT2D eigenvalue weighted by Gasteiger charge is -2.09. The summed E-state index contributed by atoms with van der Waals surface area (Å²) < 4.78 is 38.1. The minimum Gasteiger partial charge on any atom is -0.351 e. The first kappa shape index (κ1) is 16.4. The lowest BCUT2D eigenvalue weighted by Crippen LogP contribution is -2.23. The van der Waals surface area contributed by atoms with Crippen LogP contribution in [-0.4, -0.2) is 11.8 Å². The van der Waals surface area contributed by atoms with E-state index in [4.69, 9.17) is 11.6 Å². The van der Waals surface area contributed by atoms with Crippen molar-refractivity contribution in [3.05, 3.63) is 59.7 Å². The van der Waals surface area contributed by atoms with E-state index in [1.165, 1.54) is 6.07 Å². The highest BCUT2D eigenvalue weighted by Gasteiger charge is 2.30. The van der Waals surface area contributed by atoms with Gasteiger partial charge in [-0.05, 0) is 28.8 Å². The van der Waals surface area contributed by atoms with E-state index in [2.05, 4.69) is 5.32 Å². The second kappa shape index (κ2) is 6.83. The van der Waals surface area contributed by atoms with Crippen molar-refractivity contribution in [2.24, 2.45) is 0 Å². The number of hydrogen-bond acceptors (Lipinski definition) is 1. The van der Waals surface area contributed by atoms with Gasteiger partial charge in [0.1, 0.15) is 5.88 Å². The molecule has 116 valence electrons. The summed E-state index contributed by atoms with van der Waals surface area (Å²) in [6.07, 6.45) is -4.36. The maximum atomic E-state index is 12.7. The van der Waals surface area contributed by atoms with E-state index in [9.17, 15) is 18.0 Å². The van der Waals surface area contributed by atoms with Crippen molar-refractivity contribution in [1.82, 2.24) is 5.32 Å². The normalized spacial score (nSPS) is 11.3. The molecule has 0 heterocycles. The second-order valence-corrected chi connectivity index (χ2v) is 4.95. The molecular formula is C16H13ClF3NO. The number of benzene rings is 2. The van der Waals surface area contributed by atoms with Gasteiger partial charge in [-0.15, -0.1) is 11.6 Å². The Kier molecular flexibility index (Phi) is 5.08. The lowest BCUT2D eigenvalue weighted by atomic mass is 10.0. The van der Waals surface area contributed by atoms with Crippen molar-refractivity contribution in [1.29, 1.82) is 0 Å². The Labute approximate surface area is 130 Å². The predicted molar refractivity (Wildman–Crippen MR) is 79.4 cm³/mol. The van der Waals surface area contributed by atoms with E-state index in [1.54, 1.807) is 30.3 Å². The zero-order chi connectivity index (χ0) is 16.2. The van der Waals surface area contributed by atoms with Crippen LogP contribution in [0.25, 0.3) is 11.1 Å². The first-order valence-electron chi connectivity index (χ1n) is 6.49. The van der Waals surface area contributed by atoms with Gasteiger partial charge < -0.3 is 5.32 Å². The van der Waals surface area contributed by atoms with Gasteiger partial charge in [0.25, 0.3) is 0 Å². The van der Waals surface area contributed by atoms with Gasteiger partial charge in [0.05, 0.1) is 5.56 Å². The van der Waals surface area contributed by atoms with Crippen LogP contribution >= 0.6 is 11.6 Å². The molecule has 6 heteroatoms. The molecule has 0 atom stereocenters. The molecule has 1 amide bonds. The Balaban J connectivity index is 2.15. The molecule has 0 aliphatic heterocycles. The molecule has 2 rings (SSSR count). The molecule has 2 nitrogen and oxygen atoms in total. The van der Waals surface area contributed by atoms with Crippen molar-refractivity contribution in [3.8, 4) is 11.1 Å². The van der Waals surface area contributed by atoms with E-state index >= 15 is 0 Å². The molecule has 0 aliphatic carbocycles. The molecule has 0 radical (unpaired) electrons. The molecule has 0 aromatic heterocycles. The van der Waals surface area contributed by atoms with Crippen LogP contribution < -0.4 is 5.32 Å². The minimum absolute atomic E-state index is 0.109. The third-order valence-corrected chi connectivity index (χ3v) is 3.33. The monoisotopic (exact) mass is 327 g/mol. The van der Waals surface area contributed by atoms with Gasteiger partial charge in [-0.25, -0.2) is 0 Å². The molecular weight excluding hydrogens is 315 g/mol. The number of rotatable bonds is 4. The summed E-state index contributed by atoms with van der Waals surface area (Å²) in [5.74, 6) is -0.383. The number of carbonyl (C=O) groups excluding carboxylic acids is 1. The van der Waals surface area contributed by atoms with E-state index in [0.29, 0.717) is 17.7 Å². The molecule has 0 spiro atoms. The first-order valence-corrected chi connectivity index (χ1v) is 7.03. The highest BCUT2D eigenvalue weighted by Crippen LogP contribution is 2.32. The topological polar surface area (TPSA) is 29.1 Å². The number of nitrogens with one attached hydrogen (secondary N) is 1. The van der Waals surface area contributed by atoms with Crippen molar-refractivity contribution in [2.75, 3.05) is 5.88 Å². The van der Waals surface area contributed by atoms with Crippen LogP contribution in [0.5, 0.6) is 0 Å². The molecule has 0 fully saturated rings. The molecule has 0 saturated heterocycles. The number of amides is 1. The summed E-state index contributed by atoms with van der Waals surface area (Å²) in [5.41, 5.74) is 1.34. The first-order chi connectivity index (χ1) is 10.4. The fourth-order valence-electron chi connectivity index (χ4n) is 1.94. The van der Waals surface area contributed by atoms with E-state index in [1.807, 2.05) is 0 Å². The maximum absolute atomic E-state index is 12.7. The van der Waals surface area contributed by atoms with E-state index < -0.39 is 11.7 Å². The Morgan fingerprint density at radius 3 is 2.32 bits per heavy atom. The number of hydrogen-bond donors (Lipinski definition) is 1. The summed E-state index contributed by atoms with van der Waals surface area (Å²) in [4.78, 5) is 11.1. The van der Waals surface area contributed by atoms with Crippen molar-refractivity contribution >= 4 is 17.5 Å². The van der Waals surface area contributed by atoms with Crippen LogP contribution in [0, 0.1) is 0 Å². The second-order valence-electron chi connectivity index (χ2n) is 4.69. The zero-order valence-electron chi connectivity index (χ0n) is 11.5. The van der Waals surface area contributed by atoms with Gasteiger partial charge in [-0.2, -0.15) is 13.2 Å². The van der Waals surface area contributed by atoms with Crippen molar-refractivity contribution < 1.29 is 18.0 Å². The fraction of sp³-hybridized carbons (Fsp3) is 0.188. The molecule has 2 aromatic rings. The van der Waals surface area contributed by atoms with Gasteiger partial charge in [-0.3, -0.25) is 4.79 Å². The molecule has 0 unspecified atom stereocenters. The summed E-state index contributed by atoms with van der Waals surface area (Å²) in [5, 5.41) is 2.62. The third-order valence-electron chi connectivity index (χ3n) is 3.09. The summed E-state index contributed by atoms with van der Waals surface area (Å²) in [6.45, 7) is 0.328. The highest BCUT2D eigenvalue weighted by molar-refractivity contribution is 6.27. The van der Waals surface area contributed by atoms with Crippen molar-refractivity contribution in [3.63, 3.8) is 0 Å². The van der Waals surface area contributed by atoms with Gasteiger partial charge >= 0.3 is 6.18 Å². The average Bonchev–Trinajstić information content (AvgIpc) is 2.52. The molecule has 0 saturated carbocycles. The number of halogens is 4. The standard InChI is InChI=1S/C16H13ClF3NO/c17-9-15(22)21-10-11-4-6-12(7-5-11)13-2-1-3-14(8-13)16(18,19)20/h1-8H,9-10H2,(H,21,22). The number of carbonyl (C=O) groups is 1. The zero-order valence-corrected chi connectivity index (χ0v) is 12.2. The van der Waals surface area contributed by atoms with Crippen LogP contribution in [-0.2, 0) is 17.5 Å². The van der Waals surface area contributed by atoms with E-state index in [0.717, 1.165) is 17.7 Å². The van der Waals surface area contributed by atoms with Crippen LogP contribution in [0.4, 0.5) is 13.2 Å². The fourth-order valence-corrected chi connectivity index (χ4v) is 2.03. The molecule has 0 aliphatic rings. The van der Waals surface area contributed by atoms with Gasteiger partial charge in [0.2, 0.25) is 5.91 Å². The lowest BCUT2D eigenvalue weighted by molar-refractivity contribution is -0.137. The van der Waals surface area contributed by atoms with Gasteiger partial charge in [0.15, 0.2) is 0 Å². The van der Waals surface area contributed by atoms with Crippen LogP contribution in [0.15, 0.2) is 48.5 Å². The summed E-state index contributed by atoms with van der Waals surface area (Å²) in [7, 11) is 0. The molecule has 1 N–H and O–H groups in total. The summed E-state index contributed by atoms with van der Waals surface area (Å²) >= 11 is 5.37. The Bertz CT molecular complexity index is 653. The highest BCUT2D eigenvalue weighted by atomic mass is 35.5. The van der Waals surface area contributed by atoms with Crippen LogP contribution in [0.3, 0.4) is 0 Å².